The highest BCUT2D eigenvalue weighted by Crippen LogP contribution is 2.26. The lowest BCUT2D eigenvalue weighted by Gasteiger charge is -2.04. The van der Waals surface area contributed by atoms with E-state index in [1.54, 1.807) is 36.5 Å². The molecule has 0 saturated carbocycles. The van der Waals surface area contributed by atoms with Gasteiger partial charge in [0, 0.05) is 10.9 Å². The van der Waals surface area contributed by atoms with Crippen molar-refractivity contribution in [3.63, 3.8) is 0 Å². The number of phenolic OH excluding ortho intramolecular Hbond substituents is 2. The number of rotatable bonds is 4. The van der Waals surface area contributed by atoms with E-state index in [9.17, 15) is 15.0 Å². The first-order valence-corrected chi connectivity index (χ1v) is 7.44. The third kappa shape index (κ3) is 3.52. The maximum Gasteiger partial charge on any atom is 0.244 e. The van der Waals surface area contributed by atoms with Crippen molar-refractivity contribution in [1.82, 2.24) is 5.43 Å². The SMILES string of the molecule is O=C(Cc1cccc(O)c1)NN=Cc1ccc(O)c2ccccc12. The number of amides is 1. The molecule has 0 atom stereocenters. The maximum absolute atomic E-state index is 11.9. The van der Waals surface area contributed by atoms with E-state index in [0.29, 0.717) is 5.56 Å². The molecule has 0 aliphatic carbocycles. The van der Waals surface area contributed by atoms with Gasteiger partial charge in [0.15, 0.2) is 0 Å². The van der Waals surface area contributed by atoms with Crippen LogP contribution in [0.25, 0.3) is 10.8 Å². The van der Waals surface area contributed by atoms with E-state index in [0.717, 1.165) is 16.3 Å². The Labute approximate surface area is 138 Å². The molecule has 0 heterocycles. The van der Waals surface area contributed by atoms with Crippen LogP contribution in [0.1, 0.15) is 11.1 Å². The zero-order chi connectivity index (χ0) is 16.9. The number of benzene rings is 3. The quantitative estimate of drug-likeness (QED) is 0.510. The second-order valence-electron chi connectivity index (χ2n) is 5.36. The zero-order valence-electron chi connectivity index (χ0n) is 12.8. The molecule has 0 unspecified atom stereocenters. The van der Waals surface area contributed by atoms with E-state index in [-0.39, 0.29) is 23.8 Å². The van der Waals surface area contributed by atoms with Crippen molar-refractivity contribution >= 4 is 22.9 Å². The minimum absolute atomic E-state index is 0.124. The molecule has 24 heavy (non-hydrogen) atoms. The first kappa shape index (κ1) is 15.6. The number of hydrazone groups is 1. The number of nitrogens with one attached hydrogen (secondary N) is 1. The average molecular weight is 320 g/mol. The highest BCUT2D eigenvalue weighted by molar-refractivity contribution is 6.02. The summed E-state index contributed by atoms with van der Waals surface area (Å²) < 4.78 is 0. The van der Waals surface area contributed by atoms with Crippen molar-refractivity contribution in [1.29, 1.82) is 0 Å². The Bertz CT molecular complexity index is 919. The Kier molecular flexibility index (Phi) is 4.43. The molecule has 0 aliphatic heterocycles. The fraction of sp³-hybridized carbons (Fsp3) is 0.0526. The highest BCUT2D eigenvalue weighted by atomic mass is 16.3. The minimum Gasteiger partial charge on any atom is -0.508 e. The molecule has 0 saturated heterocycles. The molecule has 5 heteroatoms. The first-order valence-electron chi connectivity index (χ1n) is 7.44. The van der Waals surface area contributed by atoms with Crippen LogP contribution < -0.4 is 5.43 Å². The molecule has 3 rings (SSSR count). The molecule has 0 aliphatic rings. The molecular formula is C19H16N2O3. The number of hydrogen-bond acceptors (Lipinski definition) is 4. The lowest BCUT2D eigenvalue weighted by atomic mass is 10.0. The van der Waals surface area contributed by atoms with E-state index >= 15 is 0 Å². The van der Waals surface area contributed by atoms with Crippen LogP contribution in [-0.2, 0) is 11.2 Å². The molecular weight excluding hydrogens is 304 g/mol. The second-order valence-corrected chi connectivity index (χ2v) is 5.36. The molecule has 0 fully saturated rings. The number of carbonyl (C=O) groups excluding carboxylic acids is 1. The number of hydrogen-bond donors (Lipinski definition) is 3. The summed E-state index contributed by atoms with van der Waals surface area (Å²) in [5.41, 5.74) is 3.96. The first-order chi connectivity index (χ1) is 11.6. The summed E-state index contributed by atoms with van der Waals surface area (Å²) in [6.45, 7) is 0. The summed E-state index contributed by atoms with van der Waals surface area (Å²) in [6, 6.07) is 17.3. The molecule has 120 valence electrons. The molecule has 1 amide bonds. The van der Waals surface area contributed by atoms with Gasteiger partial charge in [-0.3, -0.25) is 4.79 Å². The van der Waals surface area contributed by atoms with Crippen LogP contribution in [0.2, 0.25) is 0 Å². The summed E-state index contributed by atoms with van der Waals surface area (Å²) in [7, 11) is 0. The summed E-state index contributed by atoms with van der Waals surface area (Å²) in [4.78, 5) is 11.9. The van der Waals surface area contributed by atoms with Gasteiger partial charge in [-0.1, -0.05) is 36.4 Å². The number of fused-ring (bicyclic) bond motifs is 1. The fourth-order valence-corrected chi connectivity index (χ4v) is 2.48. The van der Waals surface area contributed by atoms with Crippen molar-refractivity contribution in [3.05, 3.63) is 71.8 Å². The van der Waals surface area contributed by atoms with Crippen LogP contribution in [0, 0.1) is 0 Å². The predicted octanol–water partition coefficient (Wildman–Crippen LogP) is 2.94. The predicted molar refractivity (Wildman–Crippen MR) is 93.2 cm³/mol. The van der Waals surface area contributed by atoms with Gasteiger partial charge in [-0.05, 0) is 35.2 Å². The smallest absolute Gasteiger partial charge is 0.244 e. The maximum atomic E-state index is 11.9. The zero-order valence-corrected chi connectivity index (χ0v) is 12.8. The van der Waals surface area contributed by atoms with Gasteiger partial charge in [0.25, 0.3) is 0 Å². The van der Waals surface area contributed by atoms with Crippen molar-refractivity contribution in [2.45, 2.75) is 6.42 Å². The summed E-state index contributed by atoms with van der Waals surface area (Å²) >= 11 is 0. The van der Waals surface area contributed by atoms with Gasteiger partial charge in [-0.25, -0.2) is 5.43 Å². The molecule has 3 aromatic carbocycles. The topological polar surface area (TPSA) is 81.9 Å². The molecule has 0 bridgehead atoms. The number of aromatic hydroxyl groups is 2. The Morgan fingerprint density at radius 1 is 1.00 bits per heavy atom. The van der Waals surface area contributed by atoms with E-state index < -0.39 is 0 Å². The molecule has 0 spiro atoms. The standard InChI is InChI=1S/C19H16N2O3/c22-15-5-3-4-13(10-15)11-19(24)21-20-12-14-8-9-18(23)17-7-2-1-6-16(14)17/h1-10,12,22-23H,11H2,(H,21,24). The average Bonchev–Trinajstić information content (AvgIpc) is 2.57. The minimum atomic E-state index is -0.278. The molecule has 0 aromatic heterocycles. The van der Waals surface area contributed by atoms with Crippen molar-refractivity contribution in [3.8, 4) is 11.5 Å². The third-order valence-corrected chi connectivity index (χ3v) is 3.60. The third-order valence-electron chi connectivity index (χ3n) is 3.60. The Morgan fingerprint density at radius 2 is 1.79 bits per heavy atom. The highest BCUT2D eigenvalue weighted by Gasteiger charge is 2.04. The van der Waals surface area contributed by atoms with Crippen molar-refractivity contribution < 1.29 is 15.0 Å². The van der Waals surface area contributed by atoms with Gasteiger partial charge in [-0.15, -0.1) is 0 Å². The van der Waals surface area contributed by atoms with Crippen LogP contribution in [0.15, 0.2) is 65.8 Å². The number of nitrogens with zero attached hydrogens (tertiary/aromatic N) is 1. The van der Waals surface area contributed by atoms with Gasteiger partial charge in [0.05, 0.1) is 12.6 Å². The Hall–Kier alpha value is -3.34. The van der Waals surface area contributed by atoms with Gasteiger partial charge in [-0.2, -0.15) is 5.10 Å². The van der Waals surface area contributed by atoms with Crippen LogP contribution in [0.5, 0.6) is 11.5 Å². The summed E-state index contributed by atoms with van der Waals surface area (Å²) in [5.74, 6) is 0.0509. The van der Waals surface area contributed by atoms with E-state index in [1.165, 1.54) is 6.07 Å². The summed E-state index contributed by atoms with van der Waals surface area (Å²) in [5, 5.41) is 24.8. The van der Waals surface area contributed by atoms with Crippen molar-refractivity contribution in [2.24, 2.45) is 5.10 Å². The second kappa shape index (κ2) is 6.83. The van der Waals surface area contributed by atoms with Crippen LogP contribution >= 0.6 is 0 Å². The van der Waals surface area contributed by atoms with Gasteiger partial charge in [0.2, 0.25) is 5.91 Å². The Morgan fingerprint density at radius 3 is 2.58 bits per heavy atom. The van der Waals surface area contributed by atoms with Crippen LogP contribution in [0.4, 0.5) is 0 Å². The van der Waals surface area contributed by atoms with Crippen LogP contribution in [0.3, 0.4) is 0 Å². The van der Waals surface area contributed by atoms with Crippen molar-refractivity contribution in [2.75, 3.05) is 0 Å². The number of phenols is 2. The summed E-state index contributed by atoms with van der Waals surface area (Å²) in [6.07, 6.45) is 1.67. The molecule has 0 radical (unpaired) electrons. The van der Waals surface area contributed by atoms with E-state index in [2.05, 4.69) is 10.5 Å². The van der Waals surface area contributed by atoms with Gasteiger partial charge in [0.1, 0.15) is 11.5 Å². The lowest BCUT2D eigenvalue weighted by molar-refractivity contribution is -0.120. The largest absolute Gasteiger partial charge is 0.508 e. The Balaban J connectivity index is 1.70. The molecule has 3 N–H and O–H groups in total. The fourth-order valence-electron chi connectivity index (χ4n) is 2.48. The van der Waals surface area contributed by atoms with Crippen LogP contribution in [-0.4, -0.2) is 22.3 Å². The normalized spacial score (nSPS) is 11.0. The number of carbonyl (C=O) groups is 1. The van der Waals surface area contributed by atoms with Gasteiger partial charge >= 0.3 is 0 Å². The van der Waals surface area contributed by atoms with E-state index in [1.807, 2.05) is 24.3 Å². The monoisotopic (exact) mass is 320 g/mol. The molecule has 5 nitrogen and oxygen atoms in total. The van der Waals surface area contributed by atoms with E-state index in [4.69, 9.17) is 0 Å². The van der Waals surface area contributed by atoms with Gasteiger partial charge < -0.3 is 10.2 Å². The molecule has 3 aromatic rings. The lowest BCUT2D eigenvalue weighted by Crippen LogP contribution is -2.19.